The molecule has 1 aliphatic heterocycles. The number of benzene rings is 1. The molecule has 0 amide bonds. The molecular formula is C13H16BrNO. The average Bonchev–Trinajstić information content (AvgIpc) is 2.22. The summed E-state index contributed by atoms with van der Waals surface area (Å²) in [5.74, 6) is 0.543. The van der Waals surface area contributed by atoms with Gasteiger partial charge in [0, 0.05) is 29.9 Å². The number of carbonyl (C=O) groups is 1. The standard InChI is InChI=1S/C13H16BrNO/c1-9-3-4-12(11(14)7-9)15-6-5-13(16)10(2)8-15/h3-4,7,10H,5-6,8H2,1-2H3. The van der Waals surface area contributed by atoms with Gasteiger partial charge in [-0.05, 0) is 40.5 Å². The number of Topliss-reactive ketones (excluding diaryl/α,β-unsaturated/α-hetero) is 1. The van der Waals surface area contributed by atoms with Crippen LogP contribution in [0.2, 0.25) is 0 Å². The number of halogens is 1. The van der Waals surface area contributed by atoms with E-state index in [-0.39, 0.29) is 5.92 Å². The topological polar surface area (TPSA) is 20.3 Å². The molecule has 0 N–H and O–H groups in total. The van der Waals surface area contributed by atoms with Crippen molar-refractivity contribution >= 4 is 27.4 Å². The van der Waals surface area contributed by atoms with E-state index in [0.29, 0.717) is 12.2 Å². The molecule has 0 saturated carbocycles. The number of carbonyl (C=O) groups excluding carboxylic acids is 1. The summed E-state index contributed by atoms with van der Waals surface area (Å²) in [6, 6.07) is 6.36. The largest absolute Gasteiger partial charge is 0.369 e. The number of hydrogen-bond donors (Lipinski definition) is 0. The summed E-state index contributed by atoms with van der Waals surface area (Å²) < 4.78 is 1.12. The van der Waals surface area contributed by atoms with Crippen LogP contribution in [-0.2, 0) is 4.79 Å². The minimum Gasteiger partial charge on any atom is -0.369 e. The molecule has 2 nitrogen and oxygen atoms in total. The zero-order chi connectivity index (χ0) is 11.7. The molecule has 1 aliphatic rings. The van der Waals surface area contributed by atoms with Crippen molar-refractivity contribution in [1.82, 2.24) is 0 Å². The molecule has 2 rings (SSSR count). The van der Waals surface area contributed by atoms with Crippen molar-refractivity contribution in [2.75, 3.05) is 18.0 Å². The molecule has 0 aromatic heterocycles. The van der Waals surface area contributed by atoms with E-state index in [1.165, 1.54) is 11.3 Å². The van der Waals surface area contributed by atoms with E-state index in [4.69, 9.17) is 0 Å². The Labute approximate surface area is 105 Å². The van der Waals surface area contributed by atoms with Crippen LogP contribution in [0.3, 0.4) is 0 Å². The number of anilines is 1. The van der Waals surface area contributed by atoms with Gasteiger partial charge in [-0.1, -0.05) is 13.0 Å². The van der Waals surface area contributed by atoms with E-state index in [1.807, 2.05) is 6.92 Å². The Kier molecular flexibility index (Phi) is 3.33. The highest BCUT2D eigenvalue weighted by atomic mass is 79.9. The summed E-state index contributed by atoms with van der Waals surface area (Å²) in [6.07, 6.45) is 0.668. The lowest BCUT2D eigenvalue weighted by Crippen LogP contribution is -2.39. The Morgan fingerprint density at radius 3 is 2.81 bits per heavy atom. The fourth-order valence-corrected chi connectivity index (χ4v) is 2.85. The van der Waals surface area contributed by atoms with Crippen LogP contribution in [0.5, 0.6) is 0 Å². The maximum Gasteiger partial charge on any atom is 0.139 e. The molecule has 0 spiro atoms. The smallest absolute Gasteiger partial charge is 0.139 e. The summed E-state index contributed by atoms with van der Waals surface area (Å²) in [5, 5.41) is 0. The normalized spacial score (nSPS) is 21.3. The van der Waals surface area contributed by atoms with Crippen LogP contribution in [0.25, 0.3) is 0 Å². The Hall–Kier alpha value is -0.830. The Morgan fingerprint density at radius 2 is 2.19 bits per heavy atom. The van der Waals surface area contributed by atoms with Crippen molar-refractivity contribution < 1.29 is 4.79 Å². The molecule has 16 heavy (non-hydrogen) atoms. The molecule has 1 heterocycles. The van der Waals surface area contributed by atoms with Gasteiger partial charge in [-0.15, -0.1) is 0 Å². The van der Waals surface area contributed by atoms with Crippen LogP contribution in [-0.4, -0.2) is 18.9 Å². The molecule has 3 heteroatoms. The second-order valence-electron chi connectivity index (χ2n) is 4.52. The molecule has 86 valence electrons. The summed E-state index contributed by atoms with van der Waals surface area (Å²) >= 11 is 3.59. The summed E-state index contributed by atoms with van der Waals surface area (Å²) in [4.78, 5) is 13.8. The number of rotatable bonds is 1. The molecule has 0 radical (unpaired) electrons. The predicted octanol–water partition coefficient (Wildman–Crippen LogP) is 3.17. The van der Waals surface area contributed by atoms with Crippen molar-refractivity contribution in [3.05, 3.63) is 28.2 Å². The van der Waals surface area contributed by atoms with E-state index in [9.17, 15) is 4.79 Å². The lowest BCUT2D eigenvalue weighted by Gasteiger charge is -2.32. The number of ketones is 1. The van der Waals surface area contributed by atoms with Crippen molar-refractivity contribution in [1.29, 1.82) is 0 Å². The van der Waals surface area contributed by atoms with Gasteiger partial charge in [0.15, 0.2) is 0 Å². The van der Waals surface area contributed by atoms with Gasteiger partial charge in [0.05, 0.1) is 5.69 Å². The lowest BCUT2D eigenvalue weighted by molar-refractivity contribution is -0.122. The second kappa shape index (κ2) is 4.58. The molecule has 1 saturated heterocycles. The van der Waals surface area contributed by atoms with Gasteiger partial charge in [0.25, 0.3) is 0 Å². The Bertz CT molecular complexity index is 416. The van der Waals surface area contributed by atoms with Gasteiger partial charge < -0.3 is 4.90 Å². The first kappa shape index (κ1) is 11.6. The molecule has 1 fully saturated rings. The first-order chi connectivity index (χ1) is 7.58. The zero-order valence-electron chi connectivity index (χ0n) is 9.66. The molecule has 0 bridgehead atoms. The maximum absolute atomic E-state index is 11.5. The van der Waals surface area contributed by atoms with Crippen LogP contribution < -0.4 is 4.90 Å². The third-order valence-electron chi connectivity index (χ3n) is 3.12. The zero-order valence-corrected chi connectivity index (χ0v) is 11.3. The van der Waals surface area contributed by atoms with Gasteiger partial charge in [0.2, 0.25) is 0 Å². The molecule has 1 aromatic carbocycles. The van der Waals surface area contributed by atoms with Crippen LogP contribution in [0.4, 0.5) is 5.69 Å². The third-order valence-corrected chi connectivity index (χ3v) is 3.75. The van der Waals surface area contributed by atoms with Crippen molar-refractivity contribution in [3.63, 3.8) is 0 Å². The maximum atomic E-state index is 11.5. The lowest BCUT2D eigenvalue weighted by atomic mass is 9.98. The van der Waals surface area contributed by atoms with Gasteiger partial charge >= 0.3 is 0 Å². The SMILES string of the molecule is Cc1ccc(N2CCC(=O)C(C)C2)c(Br)c1. The van der Waals surface area contributed by atoms with Gasteiger partial charge in [0.1, 0.15) is 5.78 Å². The predicted molar refractivity (Wildman–Crippen MR) is 69.9 cm³/mol. The highest BCUT2D eigenvalue weighted by Gasteiger charge is 2.24. The quantitative estimate of drug-likeness (QED) is 0.788. The number of piperidine rings is 1. The summed E-state index contributed by atoms with van der Waals surface area (Å²) in [5.41, 5.74) is 2.45. The van der Waals surface area contributed by atoms with E-state index in [0.717, 1.165) is 17.6 Å². The highest BCUT2D eigenvalue weighted by molar-refractivity contribution is 9.10. The summed E-state index contributed by atoms with van der Waals surface area (Å²) in [7, 11) is 0. The van der Waals surface area contributed by atoms with Crippen LogP contribution >= 0.6 is 15.9 Å². The van der Waals surface area contributed by atoms with Crippen LogP contribution in [0, 0.1) is 12.8 Å². The second-order valence-corrected chi connectivity index (χ2v) is 5.37. The van der Waals surface area contributed by atoms with E-state index >= 15 is 0 Å². The molecule has 1 atom stereocenters. The molecular weight excluding hydrogens is 266 g/mol. The highest BCUT2D eigenvalue weighted by Crippen LogP contribution is 2.29. The first-order valence-corrected chi connectivity index (χ1v) is 6.41. The average molecular weight is 282 g/mol. The van der Waals surface area contributed by atoms with Crippen LogP contribution in [0.1, 0.15) is 18.9 Å². The summed E-state index contributed by atoms with van der Waals surface area (Å²) in [6.45, 7) is 5.76. The fraction of sp³-hybridized carbons (Fsp3) is 0.462. The monoisotopic (exact) mass is 281 g/mol. The van der Waals surface area contributed by atoms with Crippen molar-refractivity contribution in [2.45, 2.75) is 20.3 Å². The van der Waals surface area contributed by atoms with E-state index < -0.39 is 0 Å². The Balaban J connectivity index is 2.21. The van der Waals surface area contributed by atoms with E-state index in [1.54, 1.807) is 0 Å². The minimum absolute atomic E-state index is 0.155. The van der Waals surface area contributed by atoms with E-state index in [2.05, 4.69) is 46.0 Å². The third kappa shape index (κ3) is 2.29. The fourth-order valence-electron chi connectivity index (χ4n) is 2.10. The van der Waals surface area contributed by atoms with Crippen LogP contribution in [0.15, 0.2) is 22.7 Å². The first-order valence-electron chi connectivity index (χ1n) is 5.62. The molecule has 0 aliphatic carbocycles. The van der Waals surface area contributed by atoms with Gasteiger partial charge in [-0.3, -0.25) is 4.79 Å². The number of hydrogen-bond acceptors (Lipinski definition) is 2. The number of nitrogens with zero attached hydrogens (tertiary/aromatic N) is 1. The van der Waals surface area contributed by atoms with Crippen molar-refractivity contribution in [2.24, 2.45) is 5.92 Å². The van der Waals surface area contributed by atoms with Crippen molar-refractivity contribution in [3.8, 4) is 0 Å². The number of aryl methyl sites for hydroxylation is 1. The molecule has 1 aromatic rings. The van der Waals surface area contributed by atoms with Gasteiger partial charge in [-0.25, -0.2) is 0 Å². The molecule has 1 unspecified atom stereocenters. The van der Waals surface area contributed by atoms with Gasteiger partial charge in [-0.2, -0.15) is 0 Å². The Morgan fingerprint density at radius 1 is 1.44 bits per heavy atom. The minimum atomic E-state index is 0.155.